The molecule has 0 fully saturated rings. The van der Waals surface area contributed by atoms with Crippen molar-refractivity contribution in [3.8, 4) is 17.2 Å². The van der Waals surface area contributed by atoms with Crippen molar-refractivity contribution in [3.63, 3.8) is 0 Å². The van der Waals surface area contributed by atoms with Crippen molar-refractivity contribution in [3.05, 3.63) is 82.9 Å². The highest BCUT2D eigenvalue weighted by atomic mass is 35.5. The number of benzene rings is 3. The lowest BCUT2D eigenvalue weighted by molar-refractivity contribution is 0.102. The molecule has 0 bridgehead atoms. The molecule has 3 aromatic carbocycles. The predicted molar refractivity (Wildman–Crippen MR) is 110 cm³/mol. The molecule has 0 saturated carbocycles. The van der Waals surface area contributed by atoms with Crippen molar-refractivity contribution < 1.29 is 19.0 Å². The lowest BCUT2D eigenvalue weighted by Gasteiger charge is -2.14. The molecule has 3 aromatic rings. The number of ether oxygens (including phenoxy) is 3. The first-order valence-electron chi connectivity index (χ1n) is 8.60. The molecular weight excluding hydrogens is 378 g/mol. The monoisotopic (exact) mass is 397 g/mol. The zero-order chi connectivity index (χ0) is 19.9. The van der Waals surface area contributed by atoms with Gasteiger partial charge in [-0.15, -0.1) is 0 Å². The number of methoxy groups -OCH3 is 2. The van der Waals surface area contributed by atoms with Crippen LogP contribution in [0.2, 0.25) is 5.02 Å². The Balaban J connectivity index is 1.82. The number of amides is 1. The summed E-state index contributed by atoms with van der Waals surface area (Å²) in [6.45, 7) is 0.342. The number of nitrogens with one attached hydrogen (secondary N) is 1. The van der Waals surface area contributed by atoms with Gasteiger partial charge in [0, 0.05) is 11.1 Å². The molecule has 28 heavy (non-hydrogen) atoms. The molecule has 1 N–H and O–H groups in total. The standard InChI is InChI=1S/C22H20ClNO4/c1-26-17-9-10-19(21(13-17)27-2)24-22(25)18-12-16(23)8-11-20(18)28-14-15-6-4-3-5-7-15/h3-13H,14H2,1-2H3,(H,24,25). The van der Waals surface area contributed by atoms with Gasteiger partial charge in [0.05, 0.1) is 25.5 Å². The zero-order valence-electron chi connectivity index (χ0n) is 15.6. The molecule has 3 rings (SSSR count). The smallest absolute Gasteiger partial charge is 0.259 e. The normalized spacial score (nSPS) is 10.2. The summed E-state index contributed by atoms with van der Waals surface area (Å²) in [6.07, 6.45) is 0. The van der Waals surface area contributed by atoms with Crippen molar-refractivity contribution in [2.24, 2.45) is 0 Å². The van der Waals surface area contributed by atoms with Crippen LogP contribution in [-0.4, -0.2) is 20.1 Å². The Bertz CT molecular complexity index is 960. The Labute approximate surface area is 168 Å². The van der Waals surface area contributed by atoms with Gasteiger partial charge in [0.15, 0.2) is 0 Å². The number of hydrogen-bond donors (Lipinski definition) is 1. The van der Waals surface area contributed by atoms with Crippen LogP contribution in [0, 0.1) is 0 Å². The van der Waals surface area contributed by atoms with E-state index in [1.54, 1.807) is 43.5 Å². The minimum atomic E-state index is -0.353. The maximum atomic E-state index is 12.9. The molecule has 0 saturated heterocycles. The topological polar surface area (TPSA) is 56.8 Å². The van der Waals surface area contributed by atoms with Crippen molar-refractivity contribution >= 4 is 23.2 Å². The van der Waals surface area contributed by atoms with Gasteiger partial charge in [-0.3, -0.25) is 4.79 Å². The second-order valence-electron chi connectivity index (χ2n) is 5.94. The molecule has 0 aromatic heterocycles. The van der Waals surface area contributed by atoms with Gasteiger partial charge in [-0.25, -0.2) is 0 Å². The van der Waals surface area contributed by atoms with Crippen LogP contribution in [0.1, 0.15) is 15.9 Å². The fraction of sp³-hybridized carbons (Fsp3) is 0.136. The molecule has 0 aliphatic rings. The maximum Gasteiger partial charge on any atom is 0.259 e. The van der Waals surface area contributed by atoms with E-state index < -0.39 is 0 Å². The summed E-state index contributed by atoms with van der Waals surface area (Å²) in [7, 11) is 3.09. The quantitative estimate of drug-likeness (QED) is 0.596. The third-order valence-electron chi connectivity index (χ3n) is 4.08. The van der Waals surface area contributed by atoms with E-state index in [4.69, 9.17) is 25.8 Å². The second kappa shape index (κ2) is 9.15. The van der Waals surface area contributed by atoms with Gasteiger partial charge in [0.1, 0.15) is 23.9 Å². The van der Waals surface area contributed by atoms with Crippen LogP contribution >= 0.6 is 11.6 Å². The van der Waals surface area contributed by atoms with E-state index >= 15 is 0 Å². The summed E-state index contributed by atoms with van der Waals surface area (Å²) >= 11 is 6.10. The molecule has 0 radical (unpaired) electrons. The zero-order valence-corrected chi connectivity index (χ0v) is 16.3. The minimum Gasteiger partial charge on any atom is -0.497 e. The third-order valence-corrected chi connectivity index (χ3v) is 4.32. The molecule has 0 unspecified atom stereocenters. The largest absolute Gasteiger partial charge is 0.497 e. The van der Waals surface area contributed by atoms with E-state index in [0.29, 0.717) is 40.1 Å². The molecule has 0 atom stereocenters. The lowest BCUT2D eigenvalue weighted by Crippen LogP contribution is -2.14. The highest BCUT2D eigenvalue weighted by Crippen LogP contribution is 2.31. The average Bonchev–Trinajstić information content (AvgIpc) is 2.73. The number of hydrogen-bond acceptors (Lipinski definition) is 4. The molecule has 5 nitrogen and oxygen atoms in total. The van der Waals surface area contributed by atoms with Gasteiger partial charge in [0.2, 0.25) is 0 Å². The SMILES string of the molecule is COc1ccc(NC(=O)c2cc(Cl)ccc2OCc2ccccc2)c(OC)c1. The maximum absolute atomic E-state index is 12.9. The highest BCUT2D eigenvalue weighted by Gasteiger charge is 2.16. The van der Waals surface area contributed by atoms with Crippen molar-refractivity contribution in [2.75, 3.05) is 19.5 Å². The molecular formula is C22H20ClNO4. The van der Waals surface area contributed by atoms with Gasteiger partial charge in [-0.05, 0) is 35.9 Å². The first-order chi connectivity index (χ1) is 13.6. The molecule has 144 valence electrons. The first kappa shape index (κ1) is 19.6. The number of carbonyl (C=O) groups excluding carboxylic acids is 1. The van der Waals surface area contributed by atoms with Crippen LogP contribution in [0.25, 0.3) is 0 Å². The van der Waals surface area contributed by atoms with Gasteiger partial charge in [0.25, 0.3) is 5.91 Å². The van der Waals surface area contributed by atoms with E-state index in [0.717, 1.165) is 5.56 Å². The van der Waals surface area contributed by atoms with E-state index in [1.807, 2.05) is 30.3 Å². The van der Waals surface area contributed by atoms with Gasteiger partial charge in [-0.2, -0.15) is 0 Å². The van der Waals surface area contributed by atoms with Crippen LogP contribution < -0.4 is 19.5 Å². The van der Waals surface area contributed by atoms with Crippen molar-refractivity contribution in [2.45, 2.75) is 6.61 Å². The number of rotatable bonds is 7. The fourth-order valence-corrected chi connectivity index (χ4v) is 2.80. The third kappa shape index (κ3) is 4.75. The molecule has 0 aliphatic carbocycles. The number of halogens is 1. The summed E-state index contributed by atoms with van der Waals surface area (Å²) in [5, 5.41) is 3.28. The second-order valence-corrected chi connectivity index (χ2v) is 6.37. The van der Waals surface area contributed by atoms with Crippen LogP contribution in [0.5, 0.6) is 17.2 Å². The van der Waals surface area contributed by atoms with E-state index in [-0.39, 0.29) is 5.91 Å². The highest BCUT2D eigenvalue weighted by molar-refractivity contribution is 6.31. The molecule has 0 heterocycles. The Hall–Kier alpha value is -3.18. The molecule has 0 aliphatic heterocycles. The fourth-order valence-electron chi connectivity index (χ4n) is 2.63. The molecule has 6 heteroatoms. The minimum absolute atomic E-state index is 0.335. The first-order valence-corrected chi connectivity index (χ1v) is 8.98. The van der Waals surface area contributed by atoms with Gasteiger partial charge in [-0.1, -0.05) is 41.9 Å². The van der Waals surface area contributed by atoms with Crippen molar-refractivity contribution in [1.82, 2.24) is 0 Å². The summed E-state index contributed by atoms with van der Waals surface area (Å²) in [5.74, 6) is 1.21. The van der Waals surface area contributed by atoms with Crippen molar-refractivity contribution in [1.29, 1.82) is 0 Å². The van der Waals surface area contributed by atoms with Crippen LogP contribution in [-0.2, 0) is 6.61 Å². The molecule has 0 spiro atoms. The summed E-state index contributed by atoms with van der Waals surface area (Å²) in [4.78, 5) is 12.9. The van der Waals surface area contributed by atoms with Gasteiger partial charge >= 0.3 is 0 Å². The van der Waals surface area contributed by atoms with E-state index in [1.165, 1.54) is 7.11 Å². The Kier molecular flexibility index (Phi) is 6.40. The Morgan fingerprint density at radius 3 is 2.43 bits per heavy atom. The molecule has 1 amide bonds. The van der Waals surface area contributed by atoms with Gasteiger partial charge < -0.3 is 19.5 Å². The number of anilines is 1. The summed E-state index contributed by atoms with van der Waals surface area (Å²) in [5.41, 5.74) is 1.85. The summed E-state index contributed by atoms with van der Waals surface area (Å²) < 4.78 is 16.4. The van der Waals surface area contributed by atoms with E-state index in [9.17, 15) is 4.79 Å². The average molecular weight is 398 g/mol. The lowest BCUT2D eigenvalue weighted by atomic mass is 10.1. The van der Waals surface area contributed by atoms with Crippen LogP contribution in [0.15, 0.2) is 66.7 Å². The summed E-state index contributed by atoms with van der Waals surface area (Å²) in [6, 6.07) is 19.8. The predicted octanol–water partition coefficient (Wildman–Crippen LogP) is 5.19. The van der Waals surface area contributed by atoms with Crippen LogP contribution in [0.3, 0.4) is 0 Å². The Morgan fingerprint density at radius 2 is 1.71 bits per heavy atom. The van der Waals surface area contributed by atoms with E-state index in [2.05, 4.69) is 5.32 Å². The number of carbonyl (C=O) groups is 1. The van der Waals surface area contributed by atoms with Crippen LogP contribution in [0.4, 0.5) is 5.69 Å². The Morgan fingerprint density at radius 1 is 0.929 bits per heavy atom.